The zero-order chi connectivity index (χ0) is 19.6. The highest BCUT2D eigenvalue weighted by atomic mass is 16.6. The quantitative estimate of drug-likeness (QED) is 0.307. The zero-order valence-electron chi connectivity index (χ0n) is 14.5. The Morgan fingerprint density at radius 2 is 2.26 bits per heavy atom. The van der Waals surface area contributed by atoms with Gasteiger partial charge in [0.2, 0.25) is 5.91 Å². The molecule has 12 nitrogen and oxygen atoms in total. The second-order valence-corrected chi connectivity index (χ2v) is 6.40. The maximum absolute atomic E-state index is 12.0. The first-order valence-corrected chi connectivity index (χ1v) is 8.36. The molecule has 0 aromatic carbocycles. The number of esters is 1. The first kappa shape index (κ1) is 18.7. The second kappa shape index (κ2) is 7.64. The Labute approximate surface area is 152 Å². The van der Waals surface area contributed by atoms with Crippen molar-refractivity contribution in [1.82, 2.24) is 14.9 Å². The lowest BCUT2D eigenvalue weighted by molar-refractivity contribution is -0.151. The minimum absolute atomic E-state index is 0.178. The lowest BCUT2D eigenvalue weighted by Crippen LogP contribution is -2.37. The molecule has 144 valence electrons. The van der Waals surface area contributed by atoms with Gasteiger partial charge in [0, 0.05) is 29.5 Å². The van der Waals surface area contributed by atoms with Crippen LogP contribution in [0.3, 0.4) is 0 Å². The fourth-order valence-electron chi connectivity index (χ4n) is 3.08. The highest BCUT2D eigenvalue weighted by Gasteiger charge is 2.38. The van der Waals surface area contributed by atoms with Gasteiger partial charge in [-0.3, -0.25) is 19.1 Å². The minimum Gasteiger partial charge on any atom is -0.461 e. The number of nitrogens with one attached hydrogen (secondary N) is 2. The van der Waals surface area contributed by atoms with Crippen molar-refractivity contribution in [2.24, 2.45) is 5.11 Å². The third-order valence-electron chi connectivity index (χ3n) is 4.53. The third kappa shape index (κ3) is 4.01. The summed E-state index contributed by atoms with van der Waals surface area (Å²) in [6, 6.07) is -1.36. The average Bonchev–Trinajstić information content (AvgIpc) is 3.23. The van der Waals surface area contributed by atoms with Gasteiger partial charge in [0.15, 0.2) is 0 Å². The van der Waals surface area contributed by atoms with E-state index in [1.54, 1.807) is 6.92 Å². The van der Waals surface area contributed by atoms with Gasteiger partial charge in [-0.15, -0.1) is 0 Å². The van der Waals surface area contributed by atoms with Crippen molar-refractivity contribution in [3.8, 4) is 0 Å². The molecule has 2 N–H and O–H groups in total. The summed E-state index contributed by atoms with van der Waals surface area (Å²) in [6.45, 7) is 1.35. The molecule has 1 aromatic rings. The Kier molecular flexibility index (Phi) is 5.28. The van der Waals surface area contributed by atoms with Crippen molar-refractivity contribution in [3.63, 3.8) is 0 Å². The number of ether oxygens (including phenoxy) is 2. The standard InChI is InChI=1S/C15H18N6O6/c1-7-5-21(15(25)18-13(7)23)12-4-9(19-20-16)10(27-12)6-26-14(24)8-2-3-11(22)17-8/h5,8-10,12H,2-4,6H2,1H3,(H,17,22)(H,18,23,25)/t8-,9-,10+,12+/m0/s1. The van der Waals surface area contributed by atoms with E-state index in [4.69, 9.17) is 15.0 Å². The molecule has 1 amide bonds. The van der Waals surface area contributed by atoms with E-state index < -0.39 is 41.6 Å². The molecule has 0 aliphatic carbocycles. The topological polar surface area (TPSA) is 168 Å². The van der Waals surface area contributed by atoms with E-state index in [9.17, 15) is 19.2 Å². The highest BCUT2D eigenvalue weighted by molar-refractivity contribution is 5.88. The summed E-state index contributed by atoms with van der Waals surface area (Å²) < 4.78 is 12.1. The van der Waals surface area contributed by atoms with Crippen LogP contribution in [0.4, 0.5) is 0 Å². The number of nitrogens with zero attached hydrogens (tertiary/aromatic N) is 4. The van der Waals surface area contributed by atoms with Crippen LogP contribution in [0, 0.1) is 6.92 Å². The van der Waals surface area contributed by atoms with Crippen LogP contribution in [-0.2, 0) is 19.1 Å². The van der Waals surface area contributed by atoms with Gasteiger partial charge < -0.3 is 14.8 Å². The predicted molar refractivity (Wildman–Crippen MR) is 89.6 cm³/mol. The third-order valence-corrected chi connectivity index (χ3v) is 4.53. The minimum atomic E-state index is -0.779. The summed E-state index contributed by atoms with van der Waals surface area (Å²) in [5, 5.41) is 6.15. The molecule has 2 aliphatic rings. The summed E-state index contributed by atoms with van der Waals surface area (Å²) in [5.74, 6) is -0.807. The van der Waals surface area contributed by atoms with E-state index >= 15 is 0 Å². The van der Waals surface area contributed by atoms with Gasteiger partial charge in [0.1, 0.15) is 25.0 Å². The number of carbonyl (C=O) groups is 2. The number of H-pyrrole nitrogens is 1. The number of rotatable bonds is 5. The number of aromatic amines is 1. The number of aromatic nitrogens is 2. The Balaban J connectivity index is 1.70. The normalized spacial score (nSPS) is 27.1. The van der Waals surface area contributed by atoms with Gasteiger partial charge in [-0.25, -0.2) is 9.59 Å². The molecular weight excluding hydrogens is 360 g/mol. The SMILES string of the molecule is Cc1cn([C@H]2C[C@H](N=[N+]=[N-])[C@@H](COC(=O)[C@@H]3CCC(=O)N3)O2)c(=O)[nH]c1=O. The van der Waals surface area contributed by atoms with Crippen LogP contribution in [0.15, 0.2) is 20.9 Å². The highest BCUT2D eigenvalue weighted by Crippen LogP contribution is 2.30. The first-order valence-electron chi connectivity index (χ1n) is 8.36. The van der Waals surface area contributed by atoms with Gasteiger partial charge in [-0.2, -0.15) is 0 Å². The molecule has 4 atom stereocenters. The van der Waals surface area contributed by atoms with E-state index in [1.807, 2.05) is 0 Å². The van der Waals surface area contributed by atoms with Crippen LogP contribution >= 0.6 is 0 Å². The Bertz CT molecular complexity index is 916. The number of azide groups is 1. The largest absolute Gasteiger partial charge is 0.461 e. The second-order valence-electron chi connectivity index (χ2n) is 6.40. The van der Waals surface area contributed by atoms with E-state index in [0.29, 0.717) is 12.0 Å². The van der Waals surface area contributed by atoms with E-state index in [2.05, 4.69) is 20.3 Å². The Morgan fingerprint density at radius 3 is 2.93 bits per heavy atom. The maximum Gasteiger partial charge on any atom is 0.330 e. The molecule has 2 saturated heterocycles. The number of hydrogen-bond donors (Lipinski definition) is 2. The van der Waals surface area contributed by atoms with E-state index in [0.717, 1.165) is 0 Å². The fourth-order valence-corrected chi connectivity index (χ4v) is 3.08. The van der Waals surface area contributed by atoms with Crippen LogP contribution in [0.25, 0.3) is 10.4 Å². The van der Waals surface area contributed by atoms with Gasteiger partial charge in [-0.1, -0.05) is 5.11 Å². The van der Waals surface area contributed by atoms with Crippen LogP contribution < -0.4 is 16.6 Å². The molecule has 27 heavy (non-hydrogen) atoms. The monoisotopic (exact) mass is 378 g/mol. The molecule has 0 spiro atoms. The van der Waals surface area contributed by atoms with E-state index in [1.165, 1.54) is 10.8 Å². The van der Waals surface area contributed by atoms with Crippen LogP contribution in [0.5, 0.6) is 0 Å². The van der Waals surface area contributed by atoms with Gasteiger partial charge >= 0.3 is 11.7 Å². The Morgan fingerprint density at radius 1 is 1.48 bits per heavy atom. The number of hydrogen-bond acceptors (Lipinski definition) is 7. The maximum atomic E-state index is 12.0. The summed E-state index contributed by atoms with van der Waals surface area (Å²) in [4.78, 5) is 51.7. The molecule has 3 rings (SSSR count). The zero-order valence-corrected chi connectivity index (χ0v) is 14.5. The van der Waals surface area contributed by atoms with Crippen molar-refractivity contribution < 1.29 is 19.1 Å². The molecule has 0 unspecified atom stereocenters. The molecule has 2 aliphatic heterocycles. The molecule has 12 heteroatoms. The van der Waals surface area contributed by atoms with Gasteiger partial charge in [-0.05, 0) is 18.9 Å². The molecular formula is C15H18N6O6. The van der Waals surface area contributed by atoms with Gasteiger partial charge in [0.05, 0.1) is 6.04 Å². The van der Waals surface area contributed by atoms with E-state index in [-0.39, 0.29) is 25.4 Å². The van der Waals surface area contributed by atoms with Crippen molar-refractivity contribution in [2.45, 2.75) is 50.6 Å². The Hall–Kier alpha value is -3.11. The molecule has 0 radical (unpaired) electrons. The fraction of sp³-hybridized carbons (Fsp3) is 0.600. The van der Waals surface area contributed by atoms with Crippen molar-refractivity contribution in [2.75, 3.05) is 6.61 Å². The number of amides is 1. The number of carbonyl (C=O) groups excluding carboxylic acids is 2. The van der Waals surface area contributed by atoms with Crippen LogP contribution in [-0.4, -0.2) is 46.2 Å². The van der Waals surface area contributed by atoms with Gasteiger partial charge in [0.25, 0.3) is 5.56 Å². The predicted octanol–water partition coefficient (Wildman–Crippen LogP) is -0.367. The van der Waals surface area contributed by atoms with Crippen molar-refractivity contribution in [3.05, 3.63) is 43.0 Å². The smallest absolute Gasteiger partial charge is 0.330 e. The molecule has 0 bridgehead atoms. The van der Waals surface area contributed by atoms with Crippen molar-refractivity contribution in [1.29, 1.82) is 0 Å². The summed E-state index contributed by atoms with van der Waals surface area (Å²) >= 11 is 0. The molecule has 3 heterocycles. The first-order chi connectivity index (χ1) is 12.9. The molecule has 1 aromatic heterocycles. The average molecular weight is 378 g/mol. The van der Waals surface area contributed by atoms with Crippen LogP contribution in [0.1, 0.15) is 31.1 Å². The summed E-state index contributed by atoms with van der Waals surface area (Å²) in [7, 11) is 0. The van der Waals surface area contributed by atoms with Crippen LogP contribution in [0.2, 0.25) is 0 Å². The summed E-state index contributed by atoms with van der Waals surface area (Å²) in [6.07, 6.45) is 0.624. The molecule has 2 fully saturated rings. The number of aryl methyl sites for hydroxylation is 1. The molecule has 0 saturated carbocycles. The lowest BCUT2D eigenvalue weighted by atomic mass is 10.1. The lowest BCUT2D eigenvalue weighted by Gasteiger charge is -2.18. The van der Waals surface area contributed by atoms with Crippen molar-refractivity contribution >= 4 is 11.9 Å². The summed E-state index contributed by atoms with van der Waals surface area (Å²) in [5.41, 5.74) is 7.92.